The van der Waals surface area contributed by atoms with Crippen molar-refractivity contribution in [3.63, 3.8) is 0 Å². The topological polar surface area (TPSA) is 80.6 Å². The molecule has 1 aliphatic rings. The molecule has 168 valence electrons. The van der Waals surface area contributed by atoms with E-state index in [1.54, 1.807) is 13.2 Å². The predicted molar refractivity (Wildman–Crippen MR) is 127 cm³/mol. The summed E-state index contributed by atoms with van der Waals surface area (Å²) in [4.78, 5) is 39.1. The van der Waals surface area contributed by atoms with Gasteiger partial charge in [-0.15, -0.1) is 0 Å². The number of anilines is 1. The molecular weight excluding hydrogens is 465 g/mol. The summed E-state index contributed by atoms with van der Waals surface area (Å²) >= 11 is 12.3. The average molecular weight is 484 g/mol. The molecule has 9 heteroatoms. The lowest BCUT2D eigenvalue weighted by Crippen LogP contribution is -2.54. The Morgan fingerprint density at radius 1 is 1.00 bits per heavy atom. The Hall–Kier alpha value is -3.55. The van der Waals surface area contributed by atoms with Crippen molar-refractivity contribution in [1.29, 1.82) is 0 Å². The average Bonchev–Trinajstić information content (AvgIpc) is 3.06. The highest BCUT2D eigenvalue weighted by Gasteiger charge is 2.38. The van der Waals surface area contributed by atoms with Crippen LogP contribution in [0.5, 0.6) is 5.75 Å². The molecule has 1 saturated heterocycles. The van der Waals surface area contributed by atoms with Gasteiger partial charge in [-0.1, -0.05) is 35.3 Å². The number of methoxy groups -OCH3 is 1. The first-order chi connectivity index (χ1) is 15.7. The molecule has 3 aromatic rings. The SMILES string of the molecule is COc1cccc(-n2c(C)cc(/C=C3\C(=O)NC(=O)N(c4cccc(Cl)c4Cl)C3=O)c2C)c1. The van der Waals surface area contributed by atoms with Gasteiger partial charge in [-0.25, -0.2) is 9.69 Å². The highest BCUT2D eigenvalue weighted by molar-refractivity contribution is 6.46. The van der Waals surface area contributed by atoms with Crippen molar-refractivity contribution in [2.75, 3.05) is 12.0 Å². The number of carbonyl (C=O) groups excluding carboxylic acids is 3. The van der Waals surface area contributed by atoms with Gasteiger partial charge in [-0.3, -0.25) is 14.9 Å². The standard InChI is InChI=1S/C24H19Cl2N3O4/c1-13-10-15(14(2)28(13)16-6-4-7-17(12-16)33-3)11-18-22(30)27-24(32)29(23(18)31)20-9-5-8-19(25)21(20)26/h4-12H,1-3H3,(H,27,30,32)/b18-11+. The Bertz CT molecular complexity index is 1340. The number of rotatable bonds is 4. The number of nitrogens with one attached hydrogen (secondary N) is 1. The fraction of sp³-hybridized carbons (Fsp3) is 0.125. The third kappa shape index (κ3) is 4.01. The molecular formula is C24H19Cl2N3O4. The van der Waals surface area contributed by atoms with Crippen LogP contribution in [0.4, 0.5) is 10.5 Å². The maximum atomic E-state index is 13.2. The highest BCUT2D eigenvalue weighted by atomic mass is 35.5. The first-order valence-electron chi connectivity index (χ1n) is 9.91. The van der Waals surface area contributed by atoms with Crippen LogP contribution in [0.15, 0.2) is 54.1 Å². The molecule has 0 saturated carbocycles. The Labute approximate surface area is 200 Å². The number of urea groups is 1. The first-order valence-corrected chi connectivity index (χ1v) is 10.7. The lowest BCUT2D eigenvalue weighted by molar-refractivity contribution is -0.122. The minimum absolute atomic E-state index is 0.0348. The molecule has 7 nitrogen and oxygen atoms in total. The van der Waals surface area contributed by atoms with Crippen molar-refractivity contribution in [2.45, 2.75) is 13.8 Å². The molecule has 2 aromatic carbocycles. The number of aryl methyl sites for hydroxylation is 1. The third-order valence-corrected chi connectivity index (χ3v) is 6.16. The number of benzene rings is 2. The molecule has 0 atom stereocenters. The van der Waals surface area contributed by atoms with Gasteiger partial charge in [0.2, 0.25) is 0 Å². The van der Waals surface area contributed by atoms with E-state index in [0.717, 1.165) is 22.0 Å². The molecule has 0 radical (unpaired) electrons. The molecule has 4 amide bonds. The summed E-state index contributed by atoms with van der Waals surface area (Å²) in [7, 11) is 1.59. The number of amides is 4. The number of aromatic nitrogens is 1. The van der Waals surface area contributed by atoms with Crippen LogP contribution in [0, 0.1) is 13.8 Å². The zero-order valence-corrected chi connectivity index (χ0v) is 19.5. The molecule has 0 spiro atoms. The second-order valence-electron chi connectivity index (χ2n) is 7.39. The van der Waals surface area contributed by atoms with Crippen LogP contribution in [0.2, 0.25) is 10.0 Å². The monoisotopic (exact) mass is 483 g/mol. The molecule has 0 aliphatic carbocycles. The summed E-state index contributed by atoms with van der Waals surface area (Å²) in [5.41, 5.74) is 3.11. The van der Waals surface area contributed by atoms with E-state index in [2.05, 4.69) is 5.32 Å². The Kier molecular flexibility index (Phi) is 6.01. The fourth-order valence-corrected chi connectivity index (χ4v) is 4.16. The van der Waals surface area contributed by atoms with Gasteiger partial charge in [0.1, 0.15) is 11.3 Å². The number of hydrogen-bond acceptors (Lipinski definition) is 4. The van der Waals surface area contributed by atoms with Gasteiger partial charge < -0.3 is 9.30 Å². The maximum absolute atomic E-state index is 13.2. The Balaban J connectivity index is 1.78. The van der Waals surface area contributed by atoms with Crippen molar-refractivity contribution in [3.8, 4) is 11.4 Å². The van der Waals surface area contributed by atoms with E-state index in [1.807, 2.05) is 48.7 Å². The van der Waals surface area contributed by atoms with Crippen LogP contribution in [0.1, 0.15) is 17.0 Å². The lowest BCUT2D eigenvalue weighted by atomic mass is 10.1. The van der Waals surface area contributed by atoms with E-state index in [4.69, 9.17) is 27.9 Å². The van der Waals surface area contributed by atoms with Crippen LogP contribution in [0.3, 0.4) is 0 Å². The number of halogens is 2. The smallest absolute Gasteiger partial charge is 0.336 e. The molecule has 33 heavy (non-hydrogen) atoms. The van der Waals surface area contributed by atoms with Crippen molar-refractivity contribution >= 4 is 52.8 Å². The van der Waals surface area contributed by atoms with Crippen molar-refractivity contribution in [2.24, 2.45) is 0 Å². The summed E-state index contributed by atoms with van der Waals surface area (Å²) in [5.74, 6) is -0.876. The van der Waals surface area contributed by atoms with Crippen molar-refractivity contribution < 1.29 is 19.1 Å². The van der Waals surface area contributed by atoms with Gasteiger partial charge in [0.25, 0.3) is 11.8 Å². The fourth-order valence-electron chi connectivity index (χ4n) is 3.78. The zero-order chi connectivity index (χ0) is 23.9. The number of hydrogen-bond donors (Lipinski definition) is 1. The molecule has 4 rings (SSSR count). The van der Waals surface area contributed by atoms with Crippen LogP contribution in [-0.4, -0.2) is 29.5 Å². The summed E-state index contributed by atoms with van der Waals surface area (Å²) < 4.78 is 7.30. The highest BCUT2D eigenvalue weighted by Crippen LogP contribution is 2.34. The number of carbonyl (C=O) groups is 3. The van der Waals surface area contributed by atoms with E-state index < -0.39 is 17.8 Å². The molecule has 1 aromatic heterocycles. The second kappa shape index (κ2) is 8.77. The minimum atomic E-state index is -0.895. The maximum Gasteiger partial charge on any atom is 0.336 e. The Morgan fingerprint density at radius 2 is 1.73 bits per heavy atom. The van der Waals surface area contributed by atoms with Gasteiger partial charge in [0.15, 0.2) is 0 Å². The third-order valence-electron chi connectivity index (χ3n) is 5.36. The van der Waals surface area contributed by atoms with Gasteiger partial charge in [0, 0.05) is 23.1 Å². The van der Waals surface area contributed by atoms with E-state index in [0.29, 0.717) is 11.3 Å². The summed E-state index contributed by atoms with van der Waals surface area (Å²) in [6.45, 7) is 3.79. The molecule has 1 N–H and O–H groups in total. The quantitative estimate of drug-likeness (QED) is 0.414. The Morgan fingerprint density at radius 3 is 2.45 bits per heavy atom. The van der Waals surface area contributed by atoms with Crippen LogP contribution >= 0.6 is 23.2 Å². The van der Waals surface area contributed by atoms with Gasteiger partial charge in [-0.05, 0) is 55.8 Å². The van der Waals surface area contributed by atoms with Gasteiger partial charge >= 0.3 is 6.03 Å². The molecule has 2 heterocycles. The summed E-state index contributed by atoms with van der Waals surface area (Å²) in [6.07, 6.45) is 1.47. The molecule has 0 bridgehead atoms. The van der Waals surface area contributed by atoms with Crippen LogP contribution in [0.25, 0.3) is 11.8 Å². The van der Waals surface area contributed by atoms with Crippen LogP contribution in [-0.2, 0) is 9.59 Å². The molecule has 0 unspecified atom stereocenters. The van der Waals surface area contributed by atoms with E-state index in [1.165, 1.54) is 18.2 Å². The van der Waals surface area contributed by atoms with Gasteiger partial charge in [0.05, 0.1) is 22.8 Å². The normalized spacial score (nSPS) is 15.2. The number of barbiturate groups is 1. The van der Waals surface area contributed by atoms with E-state index in [-0.39, 0.29) is 21.3 Å². The largest absolute Gasteiger partial charge is 0.497 e. The number of ether oxygens (including phenoxy) is 1. The van der Waals surface area contributed by atoms with E-state index in [9.17, 15) is 14.4 Å². The van der Waals surface area contributed by atoms with Crippen molar-refractivity contribution in [3.05, 3.63) is 81.1 Å². The molecule has 1 fully saturated rings. The van der Waals surface area contributed by atoms with Crippen molar-refractivity contribution in [1.82, 2.24) is 9.88 Å². The minimum Gasteiger partial charge on any atom is -0.497 e. The lowest BCUT2D eigenvalue weighted by Gasteiger charge is -2.27. The second-order valence-corrected chi connectivity index (χ2v) is 8.18. The number of nitrogens with zero attached hydrogens (tertiary/aromatic N) is 2. The number of imide groups is 2. The zero-order valence-electron chi connectivity index (χ0n) is 18.0. The van der Waals surface area contributed by atoms with Gasteiger partial charge in [-0.2, -0.15) is 0 Å². The van der Waals surface area contributed by atoms with Crippen LogP contribution < -0.4 is 15.0 Å². The summed E-state index contributed by atoms with van der Waals surface area (Å²) in [6, 6.07) is 13.1. The molecule has 1 aliphatic heterocycles. The summed E-state index contributed by atoms with van der Waals surface area (Å²) in [5, 5.41) is 2.41. The van der Waals surface area contributed by atoms with E-state index >= 15 is 0 Å². The predicted octanol–water partition coefficient (Wildman–Crippen LogP) is 5.08. The first kappa shape index (κ1) is 22.6.